The zero-order valence-electron chi connectivity index (χ0n) is 12.6. The molecular weight excluding hydrogens is 294 g/mol. The molecule has 3 aromatic rings. The zero-order chi connectivity index (χ0) is 15.4. The lowest BCUT2D eigenvalue weighted by atomic mass is 10.1. The van der Waals surface area contributed by atoms with E-state index in [-0.39, 0.29) is 5.91 Å². The summed E-state index contributed by atoms with van der Waals surface area (Å²) in [7, 11) is 0. The van der Waals surface area contributed by atoms with Crippen LogP contribution in [0.15, 0.2) is 42.0 Å². The molecule has 22 heavy (non-hydrogen) atoms. The van der Waals surface area contributed by atoms with Crippen molar-refractivity contribution in [2.75, 3.05) is 6.54 Å². The Morgan fingerprint density at radius 1 is 1.27 bits per heavy atom. The second-order valence-electron chi connectivity index (χ2n) is 5.41. The van der Waals surface area contributed by atoms with Gasteiger partial charge >= 0.3 is 0 Å². The van der Waals surface area contributed by atoms with E-state index in [1.807, 2.05) is 22.2 Å². The lowest BCUT2D eigenvalue weighted by molar-refractivity contribution is -0.121. The van der Waals surface area contributed by atoms with E-state index >= 15 is 0 Å². The number of hydrogen-bond donors (Lipinski definition) is 1. The Morgan fingerprint density at radius 3 is 2.86 bits per heavy atom. The van der Waals surface area contributed by atoms with Crippen LogP contribution in [0.25, 0.3) is 4.96 Å². The van der Waals surface area contributed by atoms with Crippen molar-refractivity contribution in [2.45, 2.75) is 26.2 Å². The van der Waals surface area contributed by atoms with Gasteiger partial charge in [-0.05, 0) is 18.9 Å². The molecule has 2 aromatic heterocycles. The summed E-state index contributed by atoms with van der Waals surface area (Å²) in [4.78, 5) is 17.4. The summed E-state index contributed by atoms with van der Waals surface area (Å²) in [6.07, 6.45) is 6.10. The highest BCUT2D eigenvalue weighted by Gasteiger charge is 2.05. The number of amides is 1. The van der Waals surface area contributed by atoms with Gasteiger partial charge < -0.3 is 5.32 Å². The van der Waals surface area contributed by atoms with Crippen LogP contribution in [-0.2, 0) is 17.6 Å². The quantitative estimate of drug-likeness (QED) is 0.760. The molecule has 1 amide bonds. The number of carbonyl (C=O) groups excluding carboxylic acids is 1. The minimum Gasteiger partial charge on any atom is -0.356 e. The van der Waals surface area contributed by atoms with E-state index in [1.54, 1.807) is 11.3 Å². The molecule has 0 aliphatic heterocycles. The van der Waals surface area contributed by atoms with Crippen LogP contribution in [0.5, 0.6) is 0 Å². The van der Waals surface area contributed by atoms with Crippen molar-refractivity contribution < 1.29 is 4.79 Å². The molecule has 1 aromatic carbocycles. The van der Waals surface area contributed by atoms with Gasteiger partial charge in [0.1, 0.15) is 0 Å². The molecule has 3 rings (SSSR count). The van der Waals surface area contributed by atoms with Crippen LogP contribution < -0.4 is 5.32 Å². The Hall–Kier alpha value is -2.14. The Bertz CT molecular complexity index is 729. The van der Waals surface area contributed by atoms with Crippen molar-refractivity contribution in [3.8, 4) is 0 Å². The van der Waals surface area contributed by atoms with Gasteiger partial charge in [0.2, 0.25) is 5.91 Å². The highest BCUT2D eigenvalue weighted by atomic mass is 32.1. The fraction of sp³-hybridized carbons (Fsp3) is 0.294. The standard InChI is InChI=1S/C17H19N3OS/c1-13-2-4-14(5-3-13)6-7-16(21)18-9-8-15-12-20-10-11-22-17(20)19-15/h2-5,10-12H,6-9H2,1H3,(H,18,21). The van der Waals surface area contributed by atoms with Crippen LogP contribution in [0, 0.1) is 6.92 Å². The third-order valence-electron chi connectivity index (χ3n) is 3.61. The highest BCUT2D eigenvalue weighted by Crippen LogP contribution is 2.11. The Labute approximate surface area is 133 Å². The second-order valence-corrected chi connectivity index (χ2v) is 6.28. The van der Waals surface area contributed by atoms with Crippen molar-refractivity contribution in [2.24, 2.45) is 0 Å². The van der Waals surface area contributed by atoms with Gasteiger partial charge in [-0.25, -0.2) is 4.98 Å². The number of carbonyl (C=O) groups is 1. The van der Waals surface area contributed by atoms with Gasteiger partial charge in [0.15, 0.2) is 4.96 Å². The molecule has 0 aliphatic rings. The van der Waals surface area contributed by atoms with Crippen molar-refractivity contribution in [1.82, 2.24) is 14.7 Å². The maximum atomic E-state index is 11.9. The van der Waals surface area contributed by atoms with Crippen molar-refractivity contribution in [3.05, 3.63) is 58.9 Å². The van der Waals surface area contributed by atoms with Crippen LogP contribution in [0.3, 0.4) is 0 Å². The minimum atomic E-state index is 0.0987. The molecule has 5 heteroatoms. The molecule has 2 heterocycles. The van der Waals surface area contributed by atoms with Crippen LogP contribution >= 0.6 is 11.3 Å². The second kappa shape index (κ2) is 6.75. The largest absolute Gasteiger partial charge is 0.356 e. The third kappa shape index (κ3) is 3.74. The number of aromatic nitrogens is 2. The summed E-state index contributed by atoms with van der Waals surface area (Å²) in [5.41, 5.74) is 3.47. The number of thiazole rings is 1. The van der Waals surface area contributed by atoms with E-state index < -0.39 is 0 Å². The molecule has 0 aliphatic carbocycles. The first-order valence-electron chi connectivity index (χ1n) is 7.44. The predicted octanol–water partition coefficient (Wildman–Crippen LogP) is 3.00. The van der Waals surface area contributed by atoms with E-state index in [1.165, 1.54) is 11.1 Å². The van der Waals surface area contributed by atoms with Crippen molar-refractivity contribution in [3.63, 3.8) is 0 Å². The van der Waals surface area contributed by atoms with E-state index in [9.17, 15) is 4.79 Å². The van der Waals surface area contributed by atoms with Gasteiger partial charge in [0.05, 0.1) is 5.69 Å². The monoisotopic (exact) mass is 313 g/mol. The topological polar surface area (TPSA) is 46.4 Å². The van der Waals surface area contributed by atoms with Gasteiger partial charge in [-0.1, -0.05) is 29.8 Å². The SMILES string of the molecule is Cc1ccc(CCC(=O)NCCc2cn3ccsc3n2)cc1. The molecule has 4 nitrogen and oxygen atoms in total. The van der Waals surface area contributed by atoms with E-state index in [0.717, 1.165) is 23.5 Å². The summed E-state index contributed by atoms with van der Waals surface area (Å²) in [5.74, 6) is 0.0987. The number of benzene rings is 1. The molecule has 0 bridgehead atoms. The highest BCUT2D eigenvalue weighted by molar-refractivity contribution is 7.15. The van der Waals surface area contributed by atoms with E-state index in [4.69, 9.17) is 0 Å². The molecule has 0 fully saturated rings. The molecule has 0 unspecified atom stereocenters. The predicted molar refractivity (Wildman–Crippen MR) is 89.3 cm³/mol. The molecule has 114 valence electrons. The van der Waals surface area contributed by atoms with E-state index in [2.05, 4.69) is 41.5 Å². The average molecular weight is 313 g/mol. The molecule has 0 saturated carbocycles. The molecular formula is C17H19N3OS. The Balaban J connectivity index is 1.40. The first kappa shape index (κ1) is 14.8. The van der Waals surface area contributed by atoms with Crippen molar-refractivity contribution >= 4 is 22.2 Å². The lowest BCUT2D eigenvalue weighted by Gasteiger charge is -2.04. The average Bonchev–Trinajstić information content (AvgIpc) is 3.08. The summed E-state index contributed by atoms with van der Waals surface area (Å²) >= 11 is 1.62. The summed E-state index contributed by atoms with van der Waals surface area (Å²) in [6, 6.07) is 8.33. The first-order valence-corrected chi connectivity index (χ1v) is 8.32. The van der Waals surface area contributed by atoms with Crippen LogP contribution in [-0.4, -0.2) is 21.8 Å². The number of aryl methyl sites for hydroxylation is 2. The molecule has 0 saturated heterocycles. The van der Waals surface area contributed by atoms with Gasteiger partial charge in [-0.3, -0.25) is 9.20 Å². The van der Waals surface area contributed by atoms with Crippen LogP contribution in [0.2, 0.25) is 0 Å². The van der Waals surface area contributed by atoms with Crippen molar-refractivity contribution in [1.29, 1.82) is 0 Å². The maximum absolute atomic E-state index is 11.9. The summed E-state index contributed by atoms with van der Waals surface area (Å²) in [6.45, 7) is 2.70. The normalized spacial score (nSPS) is 11.0. The number of hydrogen-bond acceptors (Lipinski definition) is 3. The zero-order valence-corrected chi connectivity index (χ0v) is 13.4. The number of rotatable bonds is 6. The fourth-order valence-electron chi connectivity index (χ4n) is 2.33. The maximum Gasteiger partial charge on any atom is 0.220 e. The molecule has 0 spiro atoms. The minimum absolute atomic E-state index is 0.0987. The van der Waals surface area contributed by atoms with Gasteiger partial charge in [-0.2, -0.15) is 0 Å². The van der Waals surface area contributed by atoms with Gasteiger partial charge in [0, 0.05) is 37.2 Å². The first-order chi connectivity index (χ1) is 10.7. The molecule has 1 N–H and O–H groups in total. The summed E-state index contributed by atoms with van der Waals surface area (Å²) < 4.78 is 2.01. The summed E-state index contributed by atoms with van der Waals surface area (Å²) in [5, 5.41) is 4.98. The number of imidazole rings is 1. The number of nitrogens with zero attached hydrogens (tertiary/aromatic N) is 2. The molecule has 0 atom stereocenters. The smallest absolute Gasteiger partial charge is 0.220 e. The third-order valence-corrected chi connectivity index (χ3v) is 4.38. The fourth-order valence-corrected chi connectivity index (χ4v) is 3.05. The van der Waals surface area contributed by atoms with Crippen LogP contribution in [0.4, 0.5) is 0 Å². The number of nitrogens with one attached hydrogen (secondary N) is 1. The van der Waals surface area contributed by atoms with Gasteiger partial charge in [-0.15, -0.1) is 11.3 Å². The Morgan fingerprint density at radius 2 is 2.09 bits per heavy atom. The lowest BCUT2D eigenvalue weighted by Crippen LogP contribution is -2.25. The van der Waals surface area contributed by atoms with Gasteiger partial charge in [0.25, 0.3) is 0 Å². The number of fused-ring (bicyclic) bond motifs is 1. The Kier molecular flexibility index (Phi) is 4.53. The van der Waals surface area contributed by atoms with Crippen LogP contribution in [0.1, 0.15) is 23.2 Å². The molecule has 0 radical (unpaired) electrons. The van der Waals surface area contributed by atoms with E-state index in [0.29, 0.717) is 13.0 Å².